The Morgan fingerprint density at radius 1 is 1.45 bits per heavy atom. The average Bonchev–Trinajstić information content (AvgIpc) is 2.94. The third-order valence-corrected chi connectivity index (χ3v) is 5.82. The standard InChI is InChI=1S/C17H24N2O2S/c1-13-4-2-3-5-14(13)11-18-16(20)19-15-6-8-21-17(10-15)7-9-22-12-17/h2-5,15H,6-12H2,1H3,(H2,18,19,20)/t15-,17-/m0/s1. The number of carbonyl (C=O) groups excluding carboxylic acids is 1. The van der Waals surface area contributed by atoms with Gasteiger partial charge in [-0.1, -0.05) is 24.3 Å². The SMILES string of the molecule is Cc1ccccc1CNC(=O)N[C@H]1CCO[C@@]2(CCSC2)C1. The summed E-state index contributed by atoms with van der Waals surface area (Å²) < 4.78 is 5.99. The van der Waals surface area contributed by atoms with E-state index in [1.807, 2.05) is 23.9 Å². The second-order valence-corrected chi connectivity index (χ2v) is 7.38. The first-order valence-corrected chi connectivity index (χ1v) is 9.13. The fourth-order valence-corrected chi connectivity index (χ4v) is 4.61. The third kappa shape index (κ3) is 3.76. The van der Waals surface area contributed by atoms with Crippen LogP contribution < -0.4 is 10.6 Å². The topological polar surface area (TPSA) is 50.4 Å². The number of aryl methyl sites for hydroxylation is 1. The number of urea groups is 1. The van der Waals surface area contributed by atoms with Crippen LogP contribution in [-0.2, 0) is 11.3 Å². The Labute approximate surface area is 136 Å². The van der Waals surface area contributed by atoms with Gasteiger partial charge in [0.1, 0.15) is 0 Å². The molecule has 4 nitrogen and oxygen atoms in total. The lowest BCUT2D eigenvalue weighted by atomic mass is 9.90. The van der Waals surface area contributed by atoms with Crippen molar-refractivity contribution in [2.24, 2.45) is 0 Å². The molecule has 0 aliphatic carbocycles. The lowest BCUT2D eigenvalue weighted by molar-refractivity contribution is -0.0684. The summed E-state index contributed by atoms with van der Waals surface area (Å²) in [5.74, 6) is 2.24. The Hall–Kier alpha value is -1.20. The number of carbonyl (C=O) groups is 1. The van der Waals surface area contributed by atoms with Crippen molar-refractivity contribution < 1.29 is 9.53 Å². The Balaban J connectivity index is 1.48. The van der Waals surface area contributed by atoms with Gasteiger partial charge in [0.15, 0.2) is 0 Å². The highest BCUT2D eigenvalue weighted by Crippen LogP contribution is 2.38. The molecule has 2 aliphatic heterocycles. The van der Waals surface area contributed by atoms with Crippen LogP contribution >= 0.6 is 11.8 Å². The molecule has 2 fully saturated rings. The number of hydrogen-bond donors (Lipinski definition) is 2. The second-order valence-electron chi connectivity index (χ2n) is 6.28. The van der Waals surface area contributed by atoms with Gasteiger partial charge in [-0.3, -0.25) is 0 Å². The van der Waals surface area contributed by atoms with Crippen LogP contribution in [-0.4, -0.2) is 35.8 Å². The van der Waals surface area contributed by atoms with Crippen LogP contribution in [0, 0.1) is 6.92 Å². The summed E-state index contributed by atoms with van der Waals surface area (Å²) in [5, 5.41) is 6.09. The van der Waals surface area contributed by atoms with Crippen molar-refractivity contribution >= 4 is 17.8 Å². The van der Waals surface area contributed by atoms with Crippen LogP contribution in [0.1, 0.15) is 30.4 Å². The van der Waals surface area contributed by atoms with Gasteiger partial charge in [0.25, 0.3) is 0 Å². The smallest absolute Gasteiger partial charge is 0.315 e. The molecule has 2 amide bonds. The first-order chi connectivity index (χ1) is 10.7. The molecule has 3 rings (SSSR count). The molecule has 2 aliphatic rings. The van der Waals surface area contributed by atoms with Gasteiger partial charge in [0.2, 0.25) is 0 Å². The van der Waals surface area contributed by atoms with Gasteiger partial charge in [-0.2, -0.15) is 11.8 Å². The normalized spacial score (nSPS) is 27.8. The van der Waals surface area contributed by atoms with Gasteiger partial charge in [0.05, 0.1) is 5.60 Å². The molecule has 2 N–H and O–H groups in total. The summed E-state index contributed by atoms with van der Waals surface area (Å²) in [7, 11) is 0. The van der Waals surface area contributed by atoms with E-state index in [2.05, 4.69) is 29.7 Å². The quantitative estimate of drug-likeness (QED) is 0.900. The zero-order valence-corrected chi connectivity index (χ0v) is 13.9. The molecule has 120 valence electrons. The third-order valence-electron chi connectivity index (χ3n) is 4.60. The minimum absolute atomic E-state index is 0.0108. The molecule has 0 saturated carbocycles. The summed E-state index contributed by atoms with van der Waals surface area (Å²) in [6.45, 7) is 3.39. The van der Waals surface area contributed by atoms with Crippen molar-refractivity contribution in [3.8, 4) is 0 Å². The molecule has 5 heteroatoms. The molecular formula is C17H24N2O2S. The summed E-state index contributed by atoms with van der Waals surface area (Å²) in [4.78, 5) is 12.1. The Kier molecular flexibility index (Phi) is 4.93. The maximum atomic E-state index is 12.1. The summed E-state index contributed by atoms with van der Waals surface area (Å²) in [6, 6.07) is 8.28. The number of thioether (sulfide) groups is 1. The highest BCUT2D eigenvalue weighted by Gasteiger charge is 2.40. The summed E-state index contributed by atoms with van der Waals surface area (Å²) >= 11 is 1.96. The molecule has 1 aromatic rings. The molecule has 1 spiro atoms. The maximum Gasteiger partial charge on any atom is 0.315 e. The number of rotatable bonds is 3. The van der Waals surface area contributed by atoms with E-state index in [9.17, 15) is 4.79 Å². The minimum atomic E-state index is -0.0732. The van der Waals surface area contributed by atoms with Crippen LogP contribution in [0.3, 0.4) is 0 Å². The number of nitrogens with one attached hydrogen (secondary N) is 2. The van der Waals surface area contributed by atoms with Crippen molar-refractivity contribution in [1.82, 2.24) is 10.6 Å². The molecule has 0 aromatic heterocycles. The predicted molar refractivity (Wildman–Crippen MR) is 90.2 cm³/mol. The molecule has 0 radical (unpaired) electrons. The van der Waals surface area contributed by atoms with E-state index in [1.165, 1.54) is 11.3 Å². The first-order valence-electron chi connectivity index (χ1n) is 7.97. The van der Waals surface area contributed by atoms with E-state index >= 15 is 0 Å². The van der Waals surface area contributed by atoms with Crippen LogP contribution in [0.25, 0.3) is 0 Å². The van der Waals surface area contributed by atoms with Crippen LogP contribution in [0.4, 0.5) is 4.79 Å². The van der Waals surface area contributed by atoms with Gasteiger partial charge < -0.3 is 15.4 Å². The van der Waals surface area contributed by atoms with E-state index < -0.39 is 0 Å². The molecular weight excluding hydrogens is 296 g/mol. The lowest BCUT2D eigenvalue weighted by Crippen LogP contribution is -2.50. The predicted octanol–water partition coefficient (Wildman–Crippen LogP) is 2.85. The summed E-state index contributed by atoms with van der Waals surface area (Å²) in [6.07, 6.45) is 2.96. The maximum absolute atomic E-state index is 12.1. The van der Waals surface area contributed by atoms with Crippen molar-refractivity contribution in [3.63, 3.8) is 0 Å². The Morgan fingerprint density at radius 2 is 2.32 bits per heavy atom. The molecule has 0 bridgehead atoms. The first kappa shape index (κ1) is 15.7. The number of hydrogen-bond acceptors (Lipinski definition) is 3. The van der Waals surface area contributed by atoms with E-state index in [0.717, 1.165) is 37.2 Å². The van der Waals surface area contributed by atoms with E-state index in [-0.39, 0.29) is 17.7 Å². The average molecular weight is 320 g/mol. The van der Waals surface area contributed by atoms with E-state index in [1.54, 1.807) is 0 Å². The number of benzene rings is 1. The van der Waals surface area contributed by atoms with Crippen molar-refractivity contribution in [2.75, 3.05) is 18.1 Å². The number of ether oxygens (including phenoxy) is 1. The number of amides is 2. The Morgan fingerprint density at radius 3 is 3.09 bits per heavy atom. The van der Waals surface area contributed by atoms with Crippen molar-refractivity contribution in [3.05, 3.63) is 35.4 Å². The van der Waals surface area contributed by atoms with Crippen LogP contribution in [0.5, 0.6) is 0 Å². The molecule has 22 heavy (non-hydrogen) atoms. The molecule has 2 heterocycles. The van der Waals surface area contributed by atoms with Gasteiger partial charge >= 0.3 is 6.03 Å². The summed E-state index contributed by atoms with van der Waals surface area (Å²) in [5.41, 5.74) is 2.38. The van der Waals surface area contributed by atoms with Gasteiger partial charge in [-0.05, 0) is 43.1 Å². The van der Waals surface area contributed by atoms with Gasteiger partial charge in [-0.25, -0.2) is 4.79 Å². The van der Waals surface area contributed by atoms with Crippen molar-refractivity contribution in [1.29, 1.82) is 0 Å². The Bertz CT molecular complexity index is 529. The van der Waals surface area contributed by atoms with E-state index in [0.29, 0.717) is 6.54 Å². The van der Waals surface area contributed by atoms with Crippen molar-refractivity contribution in [2.45, 2.75) is 44.4 Å². The van der Waals surface area contributed by atoms with Gasteiger partial charge in [-0.15, -0.1) is 0 Å². The molecule has 2 saturated heterocycles. The van der Waals surface area contributed by atoms with Crippen LogP contribution in [0.15, 0.2) is 24.3 Å². The molecule has 1 aromatic carbocycles. The lowest BCUT2D eigenvalue weighted by Gasteiger charge is -2.38. The minimum Gasteiger partial charge on any atom is -0.374 e. The monoisotopic (exact) mass is 320 g/mol. The van der Waals surface area contributed by atoms with E-state index in [4.69, 9.17) is 4.74 Å². The largest absolute Gasteiger partial charge is 0.374 e. The zero-order chi connectivity index (χ0) is 15.4. The van der Waals surface area contributed by atoms with Crippen LogP contribution in [0.2, 0.25) is 0 Å². The van der Waals surface area contributed by atoms with Gasteiger partial charge in [0, 0.05) is 24.9 Å². The highest BCUT2D eigenvalue weighted by atomic mass is 32.2. The fourth-order valence-electron chi connectivity index (χ4n) is 3.23. The second kappa shape index (κ2) is 6.92. The highest BCUT2D eigenvalue weighted by molar-refractivity contribution is 7.99. The fraction of sp³-hybridized carbons (Fsp3) is 0.588. The zero-order valence-electron chi connectivity index (χ0n) is 13.1. The molecule has 2 atom stereocenters. The molecule has 0 unspecified atom stereocenters.